The predicted octanol–water partition coefficient (Wildman–Crippen LogP) is 2.81. The number of benzene rings is 1. The van der Waals surface area contributed by atoms with Crippen molar-refractivity contribution in [1.29, 1.82) is 0 Å². The third-order valence-electron chi connectivity index (χ3n) is 4.91. The summed E-state index contributed by atoms with van der Waals surface area (Å²) in [4.78, 5) is 5.03. The first kappa shape index (κ1) is 17.2. The zero-order chi connectivity index (χ0) is 17.9. The molecule has 0 aliphatic carbocycles. The Balaban J connectivity index is 1.24. The highest BCUT2D eigenvalue weighted by atomic mass is 32.1. The number of hydrogen-bond donors (Lipinski definition) is 1. The largest absolute Gasteiger partial charge is 0.478 e. The van der Waals surface area contributed by atoms with E-state index in [9.17, 15) is 0 Å². The van der Waals surface area contributed by atoms with Gasteiger partial charge in [-0.3, -0.25) is 4.90 Å². The molecule has 2 N–H and O–H groups in total. The molecule has 6 nitrogen and oxygen atoms in total. The number of ether oxygens (including phenoxy) is 1. The van der Waals surface area contributed by atoms with Gasteiger partial charge < -0.3 is 15.4 Å². The van der Waals surface area contributed by atoms with E-state index in [0.29, 0.717) is 12.4 Å². The predicted molar refractivity (Wildman–Crippen MR) is 108 cm³/mol. The average molecular weight is 372 g/mol. The summed E-state index contributed by atoms with van der Waals surface area (Å²) in [6.45, 7) is 6.09. The first-order valence-electron chi connectivity index (χ1n) is 9.06. The van der Waals surface area contributed by atoms with Crippen molar-refractivity contribution in [2.24, 2.45) is 7.05 Å². The molecule has 7 heteroatoms. The van der Waals surface area contributed by atoms with Crippen LogP contribution in [-0.4, -0.2) is 54.0 Å². The fraction of sp³-hybridized carbons (Fsp3) is 0.421. The molecular formula is C19H25N5OS. The minimum absolute atomic E-state index is 0.499. The van der Waals surface area contributed by atoms with E-state index in [1.165, 1.54) is 15.8 Å². The number of thiophene rings is 1. The Kier molecular flexibility index (Phi) is 4.99. The molecule has 4 rings (SSSR count). The zero-order valence-electron chi connectivity index (χ0n) is 15.1. The van der Waals surface area contributed by atoms with Crippen LogP contribution in [0.2, 0.25) is 0 Å². The lowest BCUT2D eigenvalue weighted by Crippen LogP contribution is -2.46. The number of hydrogen-bond acceptors (Lipinski definition) is 6. The highest BCUT2D eigenvalue weighted by Crippen LogP contribution is 2.31. The molecule has 0 saturated carbocycles. The molecule has 0 amide bonds. The van der Waals surface area contributed by atoms with Crippen molar-refractivity contribution in [2.45, 2.75) is 6.42 Å². The second-order valence-corrected chi connectivity index (χ2v) is 7.62. The first-order valence-corrected chi connectivity index (χ1v) is 9.94. The highest BCUT2D eigenvalue weighted by molar-refractivity contribution is 7.17. The van der Waals surface area contributed by atoms with Gasteiger partial charge in [-0.15, -0.1) is 11.3 Å². The van der Waals surface area contributed by atoms with Crippen molar-refractivity contribution in [1.82, 2.24) is 14.7 Å². The fourth-order valence-electron chi connectivity index (χ4n) is 3.54. The van der Waals surface area contributed by atoms with Crippen LogP contribution in [0.1, 0.15) is 6.42 Å². The molecule has 138 valence electrons. The van der Waals surface area contributed by atoms with Crippen LogP contribution in [0.5, 0.6) is 5.88 Å². The van der Waals surface area contributed by atoms with Crippen molar-refractivity contribution >= 4 is 32.9 Å². The Morgan fingerprint density at radius 3 is 2.81 bits per heavy atom. The molecular weight excluding hydrogens is 346 g/mol. The lowest BCUT2D eigenvalue weighted by atomic mass is 10.2. The van der Waals surface area contributed by atoms with Gasteiger partial charge in [0.25, 0.3) is 0 Å². The summed E-state index contributed by atoms with van der Waals surface area (Å²) in [6.07, 6.45) is 1.01. The Bertz CT molecular complexity index is 866. The summed E-state index contributed by atoms with van der Waals surface area (Å²) < 4.78 is 8.82. The van der Waals surface area contributed by atoms with Crippen LogP contribution in [-0.2, 0) is 7.05 Å². The molecule has 0 radical (unpaired) electrons. The van der Waals surface area contributed by atoms with Gasteiger partial charge in [-0.1, -0.05) is 6.07 Å². The van der Waals surface area contributed by atoms with Crippen molar-refractivity contribution < 1.29 is 4.74 Å². The maximum absolute atomic E-state index is 5.76. The second-order valence-electron chi connectivity index (χ2n) is 6.67. The van der Waals surface area contributed by atoms with E-state index in [-0.39, 0.29) is 0 Å². The molecule has 0 unspecified atom stereocenters. The van der Waals surface area contributed by atoms with Crippen LogP contribution < -0.4 is 15.4 Å². The Labute approximate surface area is 157 Å². The smallest absolute Gasteiger partial charge is 0.213 e. The lowest BCUT2D eigenvalue weighted by Gasteiger charge is -2.36. The molecule has 0 bridgehead atoms. The summed E-state index contributed by atoms with van der Waals surface area (Å²) in [5.74, 6) is 1.23. The topological polar surface area (TPSA) is 59.6 Å². The monoisotopic (exact) mass is 371 g/mol. The SMILES string of the molecule is Cn1nc(N)cc1OCCCN1CCN(c2cccc3sccc23)CC1. The maximum Gasteiger partial charge on any atom is 0.213 e. The van der Waals surface area contributed by atoms with Crippen molar-refractivity contribution in [2.75, 3.05) is 50.0 Å². The standard InChI is InChI=1S/C19H25N5OS/c1-22-19(14-18(20)21-22)25-12-3-7-23-8-10-24(11-9-23)16-4-2-5-17-15(16)6-13-26-17/h2,4-6,13-14H,3,7-12H2,1H3,(H2,20,21). The van der Waals surface area contributed by atoms with E-state index < -0.39 is 0 Å². The number of anilines is 2. The Hall–Kier alpha value is -2.25. The van der Waals surface area contributed by atoms with Gasteiger partial charge in [0.1, 0.15) is 5.82 Å². The number of rotatable bonds is 6. The quantitative estimate of drug-likeness (QED) is 0.675. The van der Waals surface area contributed by atoms with Crippen LogP contribution in [0.25, 0.3) is 10.1 Å². The molecule has 3 heterocycles. The van der Waals surface area contributed by atoms with Gasteiger partial charge in [0, 0.05) is 61.6 Å². The minimum atomic E-state index is 0.499. The van der Waals surface area contributed by atoms with Crippen LogP contribution in [0.15, 0.2) is 35.7 Å². The maximum atomic E-state index is 5.76. The van der Waals surface area contributed by atoms with Gasteiger partial charge in [0.15, 0.2) is 0 Å². The number of nitrogens with zero attached hydrogens (tertiary/aromatic N) is 4. The summed E-state index contributed by atoms with van der Waals surface area (Å²) in [7, 11) is 1.85. The van der Waals surface area contributed by atoms with E-state index >= 15 is 0 Å². The molecule has 1 aliphatic rings. The normalized spacial score (nSPS) is 15.7. The van der Waals surface area contributed by atoms with Gasteiger partial charge in [-0.2, -0.15) is 5.10 Å². The van der Waals surface area contributed by atoms with E-state index in [1.54, 1.807) is 10.7 Å². The van der Waals surface area contributed by atoms with E-state index in [4.69, 9.17) is 10.5 Å². The molecule has 1 aromatic carbocycles. The number of fused-ring (bicyclic) bond motifs is 1. The third-order valence-corrected chi connectivity index (χ3v) is 5.79. The van der Waals surface area contributed by atoms with E-state index in [2.05, 4.69) is 44.5 Å². The van der Waals surface area contributed by atoms with Crippen LogP contribution >= 0.6 is 11.3 Å². The van der Waals surface area contributed by atoms with Crippen LogP contribution in [0.4, 0.5) is 11.5 Å². The minimum Gasteiger partial charge on any atom is -0.478 e. The highest BCUT2D eigenvalue weighted by Gasteiger charge is 2.18. The number of nitrogen functional groups attached to an aromatic ring is 1. The molecule has 1 aliphatic heterocycles. The summed E-state index contributed by atoms with van der Waals surface area (Å²) >= 11 is 1.82. The zero-order valence-corrected chi connectivity index (χ0v) is 15.9. The molecule has 0 spiro atoms. The molecule has 26 heavy (non-hydrogen) atoms. The van der Waals surface area contributed by atoms with Gasteiger partial charge in [0.2, 0.25) is 5.88 Å². The molecule has 1 fully saturated rings. The Morgan fingerprint density at radius 1 is 1.19 bits per heavy atom. The van der Waals surface area contributed by atoms with Crippen molar-refractivity contribution in [3.63, 3.8) is 0 Å². The number of aromatic nitrogens is 2. The number of aryl methyl sites for hydroxylation is 1. The molecule has 2 aromatic heterocycles. The first-order chi connectivity index (χ1) is 12.7. The number of piperazine rings is 1. The summed E-state index contributed by atoms with van der Waals surface area (Å²) in [6, 6.07) is 10.6. The van der Waals surface area contributed by atoms with Gasteiger partial charge in [0.05, 0.1) is 6.61 Å². The summed E-state index contributed by atoms with van der Waals surface area (Å²) in [5, 5.41) is 7.65. The average Bonchev–Trinajstić information content (AvgIpc) is 3.25. The molecule has 0 atom stereocenters. The summed E-state index contributed by atoms with van der Waals surface area (Å²) in [5.41, 5.74) is 7.04. The lowest BCUT2D eigenvalue weighted by molar-refractivity contribution is 0.218. The molecule has 3 aromatic rings. The van der Waals surface area contributed by atoms with Gasteiger partial charge in [-0.05, 0) is 30.0 Å². The fourth-order valence-corrected chi connectivity index (χ4v) is 4.34. The van der Waals surface area contributed by atoms with Gasteiger partial charge in [-0.25, -0.2) is 4.68 Å². The molecule has 1 saturated heterocycles. The van der Waals surface area contributed by atoms with Gasteiger partial charge >= 0.3 is 0 Å². The van der Waals surface area contributed by atoms with Crippen LogP contribution in [0.3, 0.4) is 0 Å². The Morgan fingerprint density at radius 2 is 2.04 bits per heavy atom. The second kappa shape index (κ2) is 7.55. The third kappa shape index (κ3) is 3.64. The van der Waals surface area contributed by atoms with E-state index in [0.717, 1.165) is 45.0 Å². The van der Waals surface area contributed by atoms with E-state index in [1.807, 2.05) is 18.4 Å². The van der Waals surface area contributed by atoms with Crippen molar-refractivity contribution in [3.05, 3.63) is 35.7 Å². The number of nitrogens with two attached hydrogens (primary N) is 1. The van der Waals surface area contributed by atoms with Crippen LogP contribution in [0, 0.1) is 0 Å². The van der Waals surface area contributed by atoms with Crippen molar-refractivity contribution in [3.8, 4) is 5.88 Å².